The van der Waals surface area contributed by atoms with Gasteiger partial charge in [0.1, 0.15) is 11.6 Å². The van der Waals surface area contributed by atoms with E-state index in [2.05, 4.69) is 41.7 Å². The number of hydrogen-bond acceptors (Lipinski definition) is 8. The lowest BCUT2D eigenvalue weighted by Gasteiger charge is -2.13. The third-order valence-corrected chi connectivity index (χ3v) is 5.20. The van der Waals surface area contributed by atoms with Gasteiger partial charge in [0.05, 0.1) is 25.5 Å². The number of hydrogen-bond donors (Lipinski definition) is 4. The van der Waals surface area contributed by atoms with Gasteiger partial charge in [-0.05, 0) is 45.8 Å². The van der Waals surface area contributed by atoms with E-state index < -0.39 is 0 Å². The molecule has 0 spiro atoms. The summed E-state index contributed by atoms with van der Waals surface area (Å²) in [7, 11) is 0. The second-order valence-electron chi connectivity index (χ2n) is 7.26. The van der Waals surface area contributed by atoms with Crippen molar-refractivity contribution in [3.05, 3.63) is 59.2 Å². The van der Waals surface area contributed by atoms with Gasteiger partial charge in [-0.3, -0.25) is 0 Å². The van der Waals surface area contributed by atoms with Crippen LogP contribution in [0.3, 0.4) is 0 Å². The van der Waals surface area contributed by atoms with E-state index >= 15 is 0 Å². The Balaban J connectivity index is 1.64. The van der Waals surface area contributed by atoms with Crippen LogP contribution in [0.25, 0.3) is 21.5 Å². The molecule has 10 heteroatoms. The summed E-state index contributed by atoms with van der Waals surface area (Å²) in [6.45, 7) is 2.85. The van der Waals surface area contributed by atoms with Crippen LogP contribution in [0.2, 0.25) is 0 Å². The molecule has 2 heterocycles. The molecule has 0 atom stereocenters. The zero-order valence-electron chi connectivity index (χ0n) is 17.0. The summed E-state index contributed by atoms with van der Waals surface area (Å²) in [5.74, 6) is 0.388. The van der Waals surface area contributed by atoms with Crippen molar-refractivity contribution >= 4 is 45.9 Å². The van der Waals surface area contributed by atoms with E-state index in [9.17, 15) is 8.78 Å². The van der Waals surface area contributed by atoms with E-state index in [0.29, 0.717) is 57.7 Å². The van der Waals surface area contributed by atoms with Crippen LogP contribution < -0.4 is 21.5 Å². The minimum atomic E-state index is -0.381. The van der Waals surface area contributed by atoms with Gasteiger partial charge in [-0.25, -0.2) is 29.6 Å². The number of benzene rings is 3. The Labute approximate surface area is 182 Å². The average molecular weight is 434 g/mol. The fourth-order valence-electron chi connectivity index (χ4n) is 3.78. The van der Waals surface area contributed by atoms with E-state index in [-0.39, 0.29) is 11.6 Å². The summed E-state index contributed by atoms with van der Waals surface area (Å²) < 4.78 is 28.4. The summed E-state index contributed by atoms with van der Waals surface area (Å²) >= 11 is 0. The quantitative estimate of drug-likeness (QED) is 0.287. The third-order valence-electron chi connectivity index (χ3n) is 5.20. The number of guanidine groups is 2. The van der Waals surface area contributed by atoms with Crippen LogP contribution in [0.5, 0.6) is 0 Å². The first-order chi connectivity index (χ1) is 15.7. The van der Waals surface area contributed by atoms with Crippen LogP contribution in [0.4, 0.5) is 8.78 Å². The predicted molar refractivity (Wildman–Crippen MR) is 123 cm³/mol. The molecule has 4 N–H and O–H groups in total. The smallest absolute Gasteiger partial charge is 0.212 e. The van der Waals surface area contributed by atoms with Crippen LogP contribution in [-0.2, 0) is 0 Å². The van der Waals surface area contributed by atoms with E-state index in [1.54, 1.807) is 24.6 Å². The maximum Gasteiger partial charge on any atom is 0.212 e. The van der Waals surface area contributed by atoms with Crippen molar-refractivity contribution in [2.24, 2.45) is 20.2 Å². The molecule has 0 fully saturated rings. The Hall–Kier alpha value is -4.08. The van der Waals surface area contributed by atoms with Crippen LogP contribution in [0, 0.1) is 11.6 Å². The normalized spacial score (nSPS) is 15.9. The molecule has 162 valence electrons. The molecule has 2 aliphatic heterocycles. The van der Waals surface area contributed by atoms with Crippen LogP contribution in [0.1, 0.15) is 11.1 Å². The Morgan fingerprint density at radius 3 is 1.59 bits per heavy atom. The average Bonchev–Trinajstić information content (AvgIpc) is 3.49. The third kappa shape index (κ3) is 3.94. The summed E-state index contributed by atoms with van der Waals surface area (Å²) in [5, 5.41) is 17.4. The minimum Gasteiger partial charge on any atom is -0.353 e. The first kappa shape index (κ1) is 19.9. The first-order valence-electron chi connectivity index (χ1n) is 10.2. The number of halogens is 2. The molecule has 0 aromatic heterocycles. The van der Waals surface area contributed by atoms with E-state index in [4.69, 9.17) is 0 Å². The monoisotopic (exact) mass is 434 g/mol. The SMILES string of the molecule is Fc1ccc2c(/C=N/NC3=NCCN3)c3cc(F)ccc3c(/C=N/NC3=NCCN3)c2c1. The van der Waals surface area contributed by atoms with E-state index in [0.717, 1.165) is 13.1 Å². The zero-order valence-corrected chi connectivity index (χ0v) is 17.0. The molecule has 5 rings (SSSR count). The van der Waals surface area contributed by atoms with Gasteiger partial charge in [0.25, 0.3) is 0 Å². The fraction of sp³-hybridized carbons (Fsp3) is 0.182. The Bertz CT molecular complexity index is 1210. The molecule has 0 aliphatic carbocycles. The molecule has 0 bridgehead atoms. The highest BCUT2D eigenvalue weighted by atomic mass is 19.1. The molecule has 0 unspecified atom stereocenters. The van der Waals surface area contributed by atoms with Gasteiger partial charge in [0.15, 0.2) is 0 Å². The molecule has 2 aliphatic rings. The van der Waals surface area contributed by atoms with Crippen molar-refractivity contribution in [1.29, 1.82) is 0 Å². The fourth-order valence-corrected chi connectivity index (χ4v) is 3.78. The summed E-state index contributed by atoms with van der Waals surface area (Å²) in [6.07, 6.45) is 3.20. The van der Waals surface area contributed by atoms with Crippen molar-refractivity contribution in [3.8, 4) is 0 Å². The van der Waals surface area contributed by atoms with Crippen molar-refractivity contribution < 1.29 is 8.78 Å². The highest BCUT2D eigenvalue weighted by Gasteiger charge is 2.14. The Morgan fingerprint density at radius 1 is 0.719 bits per heavy atom. The lowest BCUT2D eigenvalue weighted by molar-refractivity contribution is 0.629. The zero-order chi connectivity index (χ0) is 21.9. The maximum atomic E-state index is 14.2. The van der Waals surface area contributed by atoms with E-state index in [1.165, 1.54) is 24.3 Å². The Morgan fingerprint density at radius 2 is 1.19 bits per heavy atom. The van der Waals surface area contributed by atoms with Crippen molar-refractivity contribution in [3.63, 3.8) is 0 Å². The Kier molecular flexibility index (Phi) is 5.32. The van der Waals surface area contributed by atoms with Gasteiger partial charge in [-0.2, -0.15) is 10.2 Å². The lowest BCUT2D eigenvalue weighted by Crippen LogP contribution is -2.30. The standard InChI is InChI=1S/C22H20F2N8/c23-13-1-3-15-17(9-13)20(12-30-32-22-27-7-8-28-22)16-4-2-14(24)10-18(16)19(15)11-29-31-21-25-5-6-26-21/h1-4,9-12H,5-8H2,(H2,25,26,31)(H2,27,28,32)/b29-11+,30-12+. The van der Waals surface area contributed by atoms with E-state index in [1.807, 2.05) is 0 Å². The van der Waals surface area contributed by atoms with Gasteiger partial charge < -0.3 is 10.6 Å². The van der Waals surface area contributed by atoms with Crippen LogP contribution in [-0.4, -0.2) is 50.5 Å². The summed E-state index contributed by atoms with van der Waals surface area (Å²) in [5.41, 5.74) is 7.02. The highest BCUT2D eigenvalue weighted by molar-refractivity contribution is 6.21. The first-order valence-corrected chi connectivity index (χ1v) is 10.2. The second kappa shape index (κ2) is 8.58. The number of nitrogens with zero attached hydrogens (tertiary/aromatic N) is 4. The van der Waals surface area contributed by atoms with Gasteiger partial charge in [0, 0.05) is 24.2 Å². The van der Waals surface area contributed by atoms with Gasteiger partial charge >= 0.3 is 0 Å². The van der Waals surface area contributed by atoms with Gasteiger partial charge in [-0.1, -0.05) is 12.1 Å². The molecule has 0 saturated heterocycles. The second-order valence-corrected chi connectivity index (χ2v) is 7.26. The molecular formula is C22H20F2N8. The number of aliphatic imine (C=N–C) groups is 2. The summed E-state index contributed by atoms with van der Waals surface area (Å²) in [4.78, 5) is 8.46. The van der Waals surface area contributed by atoms with Crippen molar-refractivity contribution in [2.75, 3.05) is 26.2 Å². The molecule has 0 radical (unpaired) electrons. The van der Waals surface area contributed by atoms with Gasteiger partial charge in [0.2, 0.25) is 11.9 Å². The van der Waals surface area contributed by atoms with Crippen molar-refractivity contribution in [1.82, 2.24) is 21.5 Å². The molecule has 8 nitrogen and oxygen atoms in total. The number of nitrogens with one attached hydrogen (secondary N) is 4. The van der Waals surface area contributed by atoms with Gasteiger partial charge in [-0.15, -0.1) is 0 Å². The number of fused-ring (bicyclic) bond motifs is 2. The summed E-state index contributed by atoms with van der Waals surface area (Å²) in [6, 6.07) is 8.95. The largest absolute Gasteiger partial charge is 0.353 e. The maximum absolute atomic E-state index is 14.2. The number of rotatable bonds is 4. The lowest BCUT2D eigenvalue weighted by atomic mass is 9.92. The highest BCUT2D eigenvalue weighted by Crippen LogP contribution is 2.32. The molecule has 3 aromatic rings. The molecular weight excluding hydrogens is 414 g/mol. The van der Waals surface area contributed by atoms with Crippen LogP contribution in [0.15, 0.2) is 56.6 Å². The number of hydrazone groups is 2. The molecule has 0 saturated carbocycles. The molecule has 0 amide bonds. The predicted octanol–water partition coefficient (Wildman–Crippen LogP) is 2.04. The van der Waals surface area contributed by atoms with Crippen molar-refractivity contribution in [2.45, 2.75) is 0 Å². The van der Waals surface area contributed by atoms with Crippen LogP contribution >= 0.6 is 0 Å². The minimum absolute atomic E-state index is 0.381. The molecule has 3 aromatic carbocycles. The molecule has 32 heavy (non-hydrogen) atoms. The topological polar surface area (TPSA) is 97.6 Å².